The second-order valence-corrected chi connectivity index (χ2v) is 6.84. The fourth-order valence-corrected chi connectivity index (χ4v) is 3.39. The zero-order valence-corrected chi connectivity index (χ0v) is 14.6. The number of aliphatic carboxylic acids is 1. The second kappa shape index (κ2) is 9.68. The number of hydrogen-bond donors (Lipinski definition) is 2. The number of carbonyl (C=O) groups excluding carboxylic acids is 2. The molecule has 132 valence electrons. The van der Waals surface area contributed by atoms with Gasteiger partial charge in [-0.1, -0.05) is 46.5 Å². The van der Waals surface area contributed by atoms with Crippen molar-refractivity contribution < 1.29 is 19.5 Å². The van der Waals surface area contributed by atoms with Crippen LogP contribution in [0.15, 0.2) is 0 Å². The maximum atomic E-state index is 12.2. The molecule has 1 aliphatic rings. The fraction of sp³-hybridized carbons (Fsp3) is 0.833. The monoisotopic (exact) mass is 325 g/mol. The highest BCUT2D eigenvalue weighted by molar-refractivity contribution is 5.87. The molecule has 0 aromatic carbocycles. The Hall–Kier alpha value is -1.39. The Morgan fingerprint density at radius 2 is 2.00 bits per heavy atom. The van der Waals surface area contributed by atoms with Crippen molar-refractivity contribution in [2.45, 2.75) is 78.2 Å². The van der Waals surface area contributed by atoms with E-state index in [2.05, 4.69) is 12.2 Å². The van der Waals surface area contributed by atoms with E-state index in [1.165, 1.54) is 0 Å². The van der Waals surface area contributed by atoms with Gasteiger partial charge in [0, 0.05) is 18.8 Å². The van der Waals surface area contributed by atoms with Gasteiger partial charge < -0.3 is 10.4 Å². The van der Waals surface area contributed by atoms with Gasteiger partial charge in [-0.2, -0.15) is 0 Å². The van der Waals surface area contributed by atoms with Gasteiger partial charge in [-0.15, -0.1) is 0 Å². The van der Waals surface area contributed by atoms with Crippen molar-refractivity contribution in [1.29, 1.82) is 0 Å². The molecule has 4 atom stereocenters. The Kier molecular flexibility index (Phi) is 8.28. The van der Waals surface area contributed by atoms with E-state index in [0.717, 1.165) is 32.1 Å². The van der Waals surface area contributed by atoms with Gasteiger partial charge in [0.25, 0.3) is 0 Å². The van der Waals surface area contributed by atoms with Gasteiger partial charge in [-0.3, -0.25) is 9.59 Å². The number of rotatable bonds is 10. The van der Waals surface area contributed by atoms with Gasteiger partial charge >= 0.3 is 5.97 Å². The van der Waals surface area contributed by atoms with Crippen molar-refractivity contribution in [3.05, 3.63) is 0 Å². The smallest absolute Gasteiger partial charge is 0.326 e. The molecule has 2 unspecified atom stereocenters. The standard InChI is InChI=1S/C18H31NO4/c1-4-6-7-8-14-13(9-10-15(14)20)11-16(21)19-17(18(22)23)12(3)5-2/h12-14,17H,4-11H2,1-3H3,(H,19,21)(H,22,23)/t12?,13-,14+,17?/m1/s1. The largest absolute Gasteiger partial charge is 0.480 e. The van der Waals surface area contributed by atoms with Crippen LogP contribution >= 0.6 is 0 Å². The molecule has 0 aromatic heterocycles. The summed E-state index contributed by atoms with van der Waals surface area (Å²) >= 11 is 0. The van der Waals surface area contributed by atoms with Gasteiger partial charge in [-0.05, 0) is 24.7 Å². The van der Waals surface area contributed by atoms with E-state index in [4.69, 9.17) is 0 Å². The van der Waals surface area contributed by atoms with E-state index in [0.29, 0.717) is 12.8 Å². The van der Waals surface area contributed by atoms with Crippen LogP contribution in [0.5, 0.6) is 0 Å². The molecule has 1 aliphatic carbocycles. The number of nitrogens with one attached hydrogen (secondary N) is 1. The molecule has 0 saturated heterocycles. The molecule has 0 heterocycles. The van der Waals surface area contributed by atoms with E-state index in [1.807, 2.05) is 13.8 Å². The molecule has 1 rings (SSSR count). The lowest BCUT2D eigenvalue weighted by molar-refractivity contribution is -0.143. The van der Waals surface area contributed by atoms with Crippen molar-refractivity contribution >= 4 is 17.7 Å². The van der Waals surface area contributed by atoms with E-state index in [-0.39, 0.29) is 35.9 Å². The Morgan fingerprint density at radius 3 is 2.57 bits per heavy atom. The van der Waals surface area contributed by atoms with Crippen LogP contribution in [0.4, 0.5) is 0 Å². The van der Waals surface area contributed by atoms with Crippen LogP contribution in [0.1, 0.15) is 72.1 Å². The molecule has 23 heavy (non-hydrogen) atoms. The van der Waals surface area contributed by atoms with Crippen LogP contribution in [-0.2, 0) is 14.4 Å². The number of carboxylic acids is 1. The van der Waals surface area contributed by atoms with E-state index in [1.54, 1.807) is 0 Å². The first-order valence-electron chi connectivity index (χ1n) is 8.95. The van der Waals surface area contributed by atoms with Gasteiger partial charge in [0.05, 0.1) is 0 Å². The van der Waals surface area contributed by atoms with Gasteiger partial charge in [0.2, 0.25) is 5.91 Å². The van der Waals surface area contributed by atoms with Crippen LogP contribution in [0.2, 0.25) is 0 Å². The highest BCUT2D eigenvalue weighted by Crippen LogP contribution is 2.35. The molecule has 1 saturated carbocycles. The molecule has 2 N–H and O–H groups in total. The summed E-state index contributed by atoms with van der Waals surface area (Å²) in [6, 6.07) is -0.844. The molecule has 5 nitrogen and oxygen atoms in total. The topological polar surface area (TPSA) is 83.5 Å². The van der Waals surface area contributed by atoms with Crippen molar-refractivity contribution in [3.63, 3.8) is 0 Å². The van der Waals surface area contributed by atoms with Crippen LogP contribution in [0.25, 0.3) is 0 Å². The molecular formula is C18H31NO4. The number of unbranched alkanes of at least 4 members (excludes halogenated alkanes) is 2. The summed E-state index contributed by atoms with van der Waals surface area (Å²) in [5, 5.41) is 11.9. The maximum Gasteiger partial charge on any atom is 0.326 e. The molecule has 1 fully saturated rings. The Balaban J connectivity index is 2.57. The number of carbonyl (C=O) groups is 3. The van der Waals surface area contributed by atoms with Crippen molar-refractivity contribution in [2.75, 3.05) is 0 Å². The van der Waals surface area contributed by atoms with Crippen LogP contribution < -0.4 is 5.32 Å². The Morgan fingerprint density at radius 1 is 1.30 bits per heavy atom. The van der Waals surface area contributed by atoms with Crippen molar-refractivity contribution in [3.8, 4) is 0 Å². The minimum absolute atomic E-state index is 0.0147. The summed E-state index contributed by atoms with van der Waals surface area (Å²) in [5.74, 6) is -1.00. The fourth-order valence-electron chi connectivity index (χ4n) is 3.39. The molecule has 0 spiro atoms. The maximum absolute atomic E-state index is 12.2. The first-order valence-corrected chi connectivity index (χ1v) is 8.95. The lowest BCUT2D eigenvalue weighted by Crippen LogP contribution is -2.45. The van der Waals surface area contributed by atoms with Crippen LogP contribution in [0.3, 0.4) is 0 Å². The Bertz CT molecular complexity index is 421. The Labute approximate surface area is 139 Å². The number of ketones is 1. The third-order valence-electron chi connectivity index (χ3n) is 5.11. The number of amides is 1. The molecular weight excluding hydrogens is 294 g/mol. The third kappa shape index (κ3) is 5.96. The third-order valence-corrected chi connectivity index (χ3v) is 5.11. The predicted octanol–water partition coefficient (Wildman–Crippen LogP) is 3.17. The number of carboxylic acid groups (broad SMARTS) is 1. The first-order chi connectivity index (χ1) is 10.9. The summed E-state index contributed by atoms with van der Waals surface area (Å²) in [6.07, 6.45) is 6.38. The lowest BCUT2D eigenvalue weighted by atomic mass is 9.87. The highest BCUT2D eigenvalue weighted by atomic mass is 16.4. The average Bonchev–Trinajstić information content (AvgIpc) is 2.84. The minimum Gasteiger partial charge on any atom is -0.480 e. The zero-order valence-electron chi connectivity index (χ0n) is 14.6. The number of hydrogen-bond acceptors (Lipinski definition) is 3. The van der Waals surface area contributed by atoms with Crippen LogP contribution in [0, 0.1) is 17.8 Å². The quantitative estimate of drug-likeness (QED) is 0.604. The summed E-state index contributed by atoms with van der Waals surface area (Å²) < 4.78 is 0. The molecule has 0 radical (unpaired) electrons. The SMILES string of the molecule is CCCCC[C@@H]1C(=O)CC[C@@H]1CC(=O)NC(C(=O)O)C(C)CC. The highest BCUT2D eigenvalue weighted by Gasteiger charge is 2.36. The molecule has 5 heteroatoms. The van der Waals surface area contributed by atoms with Crippen molar-refractivity contribution in [2.24, 2.45) is 17.8 Å². The summed E-state index contributed by atoms with van der Waals surface area (Å²) in [6.45, 7) is 5.86. The van der Waals surface area contributed by atoms with Gasteiger partial charge in [-0.25, -0.2) is 4.79 Å². The minimum atomic E-state index is -0.991. The molecule has 1 amide bonds. The van der Waals surface area contributed by atoms with Gasteiger partial charge in [0.15, 0.2) is 0 Å². The van der Waals surface area contributed by atoms with E-state index >= 15 is 0 Å². The normalized spacial score (nSPS) is 23.5. The summed E-state index contributed by atoms with van der Waals surface area (Å²) in [4.78, 5) is 35.5. The number of Topliss-reactive ketones (excluding diaryl/α,β-unsaturated/α-hetero) is 1. The zero-order chi connectivity index (χ0) is 17.4. The van der Waals surface area contributed by atoms with Crippen molar-refractivity contribution in [1.82, 2.24) is 5.32 Å². The molecule has 0 bridgehead atoms. The molecule has 0 aliphatic heterocycles. The summed E-state index contributed by atoms with van der Waals surface area (Å²) in [7, 11) is 0. The second-order valence-electron chi connectivity index (χ2n) is 6.84. The van der Waals surface area contributed by atoms with Crippen LogP contribution in [-0.4, -0.2) is 28.8 Å². The van der Waals surface area contributed by atoms with E-state index < -0.39 is 12.0 Å². The van der Waals surface area contributed by atoms with E-state index in [9.17, 15) is 19.5 Å². The first kappa shape index (κ1) is 19.7. The lowest BCUT2D eigenvalue weighted by Gasteiger charge is -2.22. The summed E-state index contributed by atoms with van der Waals surface area (Å²) in [5.41, 5.74) is 0. The average molecular weight is 325 g/mol. The van der Waals surface area contributed by atoms with Gasteiger partial charge in [0.1, 0.15) is 11.8 Å². The molecule has 0 aromatic rings. The predicted molar refractivity (Wildman–Crippen MR) is 89.0 cm³/mol.